The number of nitrogens with zero attached hydrogens (tertiary/aromatic N) is 5. The van der Waals surface area contributed by atoms with Gasteiger partial charge < -0.3 is 9.47 Å². The van der Waals surface area contributed by atoms with Crippen LogP contribution in [0.1, 0.15) is 5.56 Å². The van der Waals surface area contributed by atoms with Gasteiger partial charge in [-0.15, -0.1) is 5.10 Å². The minimum atomic E-state index is -0.235. The molecule has 3 aromatic heterocycles. The minimum absolute atomic E-state index is 0.235. The van der Waals surface area contributed by atoms with Gasteiger partial charge in [-0.1, -0.05) is 54.8 Å². The van der Waals surface area contributed by atoms with Crippen molar-refractivity contribution in [3.63, 3.8) is 0 Å². The van der Waals surface area contributed by atoms with Gasteiger partial charge in [0.05, 0.1) is 10.2 Å². The number of ether oxygens (including phenoxy) is 2. The summed E-state index contributed by atoms with van der Waals surface area (Å²) >= 11 is 1.29. The molecule has 0 aliphatic rings. The van der Waals surface area contributed by atoms with Crippen molar-refractivity contribution in [2.24, 2.45) is 0 Å². The lowest BCUT2D eigenvalue weighted by molar-refractivity contribution is 0.363. The van der Waals surface area contributed by atoms with E-state index in [2.05, 4.69) is 23.2 Å². The van der Waals surface area contributed by atoms with Crippen LogP contribution in [0.25, 0.3) is 39.4 Å². The third-order valence-corrected chi connectivity index (χ3v) is 7.17. The maximum Gasteiger partial charge on any atom is 0.291 e. The zero-order valence-electron chi connectivity index (χ0n) is 22.0. The van der Waals surface area contributed by atoms with E-state index >= 15 is 0 Å². The summed E-state index contributed by atoms with van der Waals surface area (Å²) in [5.41, 5.74) is 3.90. The molecule has 0 N–H and O–H groups in total. The summed E-state index contributed by atoms with van der Waals surface area (Å²) in [5.74, 6) is 1.94. The van der Waals surface area contributed by atoms with E-state index < -0.39 is 0 Å². The highest BCUT2D eigenvalue weighted by Crippen LogP contribution is 2.27. The molecule has 0 spiro atoms. The van der Waals surface area contributed by atoms with Gasteiger partial charge in [0.15, 0.2) is 5.82 Å². The Labute approximate surface area is 239 Å². The van der Waals surface area contributed by atoms with Crippen molar-refractivity contribution in [1.29, 1.82) is 0 Å². The molecule has 6 rings (SSSR count). The van der Waals surface area contributed by atoms with Crippen LogP contribution < -0.4 is 19.6 Å². The van der Waals surface area contributed by atoms with Crippen molar-refractivity contribution in [3.05, 3.63) is 131 Å². The van der Waals surface area contributed by atoms with Crippen LogP contribution in [-0.4, -0.2) is 37.6 Å². The fourth-order valence-corrected chi connectivity index (χ4v) is 5.15. The van der Waals surface area contributed by atoms with Crippen LogP contribution in [-0.2, 0) is 0 Å². The fourth-order valence-electron chi connectivity index (χ4n) is 4.25. The first-order chi connectivity index (χ1) is 20.1. The lowest BCUT2D eigenvalue weighted by Gasteiger charge is -2.04. The van der Waals surface area contributed by atoms with Crippen LogP contribution in [0.3, 0.4) is 0 Å². The lowest BCUT2D eigenvalue weighted by atomic mass is 10.1. The molecule has 0 fully saturated rings. The molecule has 0 radical (unpaired) electrons. The molecule has 8 nitrogen and oxygen atoms in total. The molecule has 9 heteroatoms. The summed E-state index contributed by atoms with van der Waals surface area (Å²) in [5, 5.41) is 9.36. The highest BCUT2D eigenvalue weighted by molar-refractivity contribution is 7.15. The topological polar surface area (TPSA) is 83.5 Å². The molecule has 3 heterocycles. The quantitative estimate of drug-likeness (QED) is 0.211. The molecule has 0 saturated carbocycles. The predicted octanol–water partition coefficient (Wildman–Crippen LogP) is 5.35. The molecule has 0 atom stereocenters. The summed E-state index contributed by atoms with van der Waals surface area (Å²) < 4.78 is 14.8. The van der Waals surface area contributed by atoms with Crippen molar-refractivity contribution in [2.75, 3.05) is 13.2 Å². The second-order valence-electron chi connectivity index (χ2n) is 9.01. The maximum absolute atomic E-state index is 13.4. The third-order valence-electron chi connectivity index (χ3n) is 6.21. The summed E-state index contributed by atoms with van der Waals surface area (Å²) in [7, 11) is 0. The van der Waals surface area contributed by atoms with E-state index in [9.17, 15) is 4.79 Å². The zero-order chi connectivity index (χ0) is 28.2. The van der Waals surface area contributed by atoms with Gasteiger partial charge in [-0.3, -0.25) is 4.79 Å². The van der Waals surface area contributed by atoms with E-state index in [1.54, 1.807) is 12.2 Å². The first kappa shape index (κ1) is 26.0. The maximum atomic E-state index is 13.4. The largest absolute Gasteiger partial charge is 0.490 e. The van der Waals surface area contributed by atoms with Gasteiger partial charge in [0.2, 0.25) is 4.96 Å². The summed E-state index contributed by atoms with van der Waals surface area (Å²) in [6.45, 7) is 8.21. The second-order valence-corrected chi connectivity index (χ2v) is 10.0. The number of aromatic nitrogens is 5. The predicted molar refractivity (Wildman–Crippen MR) is 162 cm³/mol. The number of rotatable bonds is 10. The van der Waals surface area contributed by atoms with Crippen molar-refractivity contribution in [2.45, 2.75) is 0 Å². The van der Waals surface area contributed by atoms with Crippen molar-refractivity contribution < 1.29 is 9.47 Å². The standard InChI is InChI=1S/C32H25N5O3S/c1-3-18-39-26-14-10-22(11-15-26)29-24(21-36(34-29)25-8-6-5-7-9-25)20-28-31(38)37-32(41-28)33-30(35-37)23-12-16-27(17-13-23)40-19-4-2/h3-17,20-21H,1-2,18-19H2. The number of thiazole rings is 1. The van der Waals surface area contributed by atoms with Crippen LogP contribution in [0.4, 0.5) is 0 Å². The zero-order valence-corrected chi connectivity index (χ0v) is 22.8. The van der Waals surface area contributed by atoms with Gasteiger partial charge in [-0.25, -0.2) is 4.68 Å². The molecular weight excluding hydrogens is 534 g/mol. The summed E-state index contributed by atoms with van der Waals surface area (Å²) in [6.07, 6.45) is 7.16. The van der Waals surface area contributed by atoms with E-state index in [-0.39, 0.29) is 5.56 Å². The summed E-state index contributed by atoms with van der Waals surface area (Å²) in [6, 6.07) is 25.0. The molecule has 3 aromatic carbocycles. The molecule has 0 unspecified atom stereocenters. The third kappa shape index (κ3) is 5.43. The van der Waals surface area contributed by atoms with Gasteiger partial charge in [0, 0.05) is 22.9 Å². The van der Waals surface area contributed by atoms with Gasteiger partial charge in [-0.2, -0.15) is 14.6 Å². The Morgan fingerprint density at radius 1 is 0.805 bits per heavy atom. The number of benzene rings is 3. The van der Waals surface area contributed by atoms with E-state index in [1.807, 2.05) is 95.8 Å². The van der Waals surface area contributed by atoms with Crippen LogP contribution in [0.5, 0.6) is 11.5 Å². The molecule has 0 saturated heterocycles. The average molecular weight is 560 g/mol. The Morgan fingerprint density at radius 2 is 1.44 bits per heavy atom. The Hall–Kier alpha value is -5.28. The monoisotopic (exact) mass is 559 g/mol. The molecular formula is C32H25N5O3S. The molecule has 41 heavy (non-hydrogen) atoms. The van der Waals surface area contributed by atoms with Crippen LogP contribution in [0.15, 0.2) is 115 Å². The molecule has 0 bridgehead atoms. The first-order valence-electron chi connectivity index (χ1n) is 12.9. The number of hydrogen-bond donors (Lipinski definition) is 0. The first-order valence-corrected chi connectivity index (χ1v) is 13.7. The van der Waals surface area contributed by atoms with Gasteiger partial charge in [0.25, 0.3) is 5.56 Å². The number of hydrogen-bond acceptors (Lipinski definition) is 7. The SMILES string of the molecule is C=CCOc1ccc(-c2nc3sc(=Cc4cn(-c5ccccc5)nc4-c4ccc(OCC=C)cc4)c(=O)n3n2)cc1. The van der Waals surface area contributed by atoms with Gasteiger partial charge in [0.1, 0.15) is 30.4 Å². The van der Waals surface area contributed by atoms with Crippen molar-refractivity contribution >= 4 is 22.4 Å². The van der Waals surface area contributed by atoms with Crippen molar-refractivity contribution in [3.8, 4) is 39.8 Å². The molecule has 0 aliphatic carbocycles. The Kier molecular flexibility index (Phi) is 7.25. The Morgan fingerprint density at radius 3 is 2.05 bits per heavy atom. The number of para-hydroxylation sites is 1. The number of fused-ring (bicyclic) bond motifs is 1. The lowest BCUT2D eigenvalue weighted by Crippen LogP contribution is -2.23. The fraction of sp³-hybridized carbons (Fsp3) is 0.0625. The Bertz CT molecular complexity index is 1940. The van der Waals surface area contributed by atoms with E-state index in [1.165, 1.54) is 15.9 Å². The normalized spacial score (nSPS) is 11.6. The highest BCUT2D eigenvalue weighted by atomic mass is 32.1. The van der Waals surface area contributed by atoms with Gasteiger partial charge in [-0.05, 0) is 66.7 Å². The molecule has 0 amide bonds. The Balaban J connectivity index is 1.38. The van der Waals surface area contributed by atoms with Crippen LogP contribution >= 0.6 is 11.3 Å². The van der Waals surface area contributed by atoms with Crippen LogP contribution in [0, 0.1) is 0 Å². The highest BCUT2D eigenvalue weighted by Gasteiger charge is 2.15. The average Bonchev–Trinajstić information content (AvgIpc) is 3.71. The van der Waals surface area contributed by atoms with E-state index in [0.29, 0.717) is 28.5 Å². The molecule has 0 aliphatic heterocycles. The van der Waals surface area contributed by atoms with Gasteiger partial charge >= 0.3 is 0 Å². The second kappa shape index (κ2) is 11.4. The molecule has 6 aromatic rings. The van der Waals surface area contributed by atoms with E-state index in [0.717, 1.165) is 39.6 Å². The molecule has 202 valence electrons. The van der Waals surface area contributed by atoms with E-state index in [4.69, 9.17) is 14.6 Å². The minimum Gasteiger partial charge on any atom is -0.490 e. The summed E-state index contributed by atoms with van der Waals surface area (Å²) in [4.78, 5) is 18.5. The van der Waals surface area contributed by atoms with Crippen LogP contribution in [0.2, 0.25) is 0 Å². The van der Waals surface area contributed by atoms with Crippen molar-refractivity contribution in [1.82, 2.24) is 24.4 Å². The smallest absolute Gasteiger partial charge is 0.291 e.